The Morgan fingerprint density at radius 3 is 2.45 bits per heavy atom. The number of carbonyl (C=O) groups excluding carboxylic acids is 3. The van der Waals surface area contributed by atoms with Crippen molar-refractivity contribution in [2.75, 3.05) is 31.1 Å². The van der Waals surface area contributed by atoms with Crippen LogP contribution in [0.4, 0.5) is 5.69 Å². The van der Waals surface area contributed by atoms with Crippen LogP contribution >= 0.6 is 11.3 Å². The van der Waals surface area contributed by atoms with Crippen molar-refractivity contribution in [2.24, 2.45) is 0 Å². The summed E-state index contributed by atoms with van der Waals surface area (Å²) in [6.45, 7) is 6.95. The van der Waals surface area contributed by atoms with E-state index in [2.05, 4.69) is 0 Å². The second kappa shape index (κ2) is 7.30. The minimum atomic E-state index is -0.545. The van der Waals surface area contributed by atoms with Crippen molar-refractivity contribution >= 4 is 34.7 Å². The number of carbonyl (C=O) groups is 3. The van der Waals surface area contributed by atoms with Gasteiger partial charge in [0.25, 0.3) is 5.91 Å². The number of hydrogen-bond acceptors (Lipinski definition) is 4. The normalized spacial score (nSPS) is 21.9. The lowest BCUT2D eigenvalue weighted by Gasteiger charge is -2.47. The molecule has 0 unspecified atom stereocenters. The summed E-state index contributed by atoms with van der Waals surface area (Å²) in [6.07, 6.45) is 0.664. The highest BCUT2D eigenvalue weighted by Gasteiger charge is 2.51. The summed E-state index contributed by atoms with van der Waals surface area (Å²) in [4.78, 5) is 43.5. The summed E-state index contributed by atoms with van der Waals surface area (Å²) in [6, 6.07) is 7.79. The molecule has 3 amide bonds. The third kappa shape index (κ3) is 3.55. The van der Waals surface area contributed by atoms with E-state index in [1.165, 1.54) is 18.3 Å². The van der Waals surface area contributed by atoms with E-state index in [0.29, 0.717) is 31.6 Å². The molecule has 0 aliphatic carbocycles. The molecule has 0 N–H and O–H groups in total. The second-order valence-corrected chi connectivity index (χ2v) is 8.92. The Balaban J connectivity index is 1.62. The maximum Gasteiger partial charge on any atom is 0.253 e. The van der Waals surface area contributed by atoms with Crippen LogP contribution in [0.15, 0.2) is 35.0 Å². The van der Waals surface area contributed by atoms with Gasteiger partial charge in [0, 0.05) is 31.0 Å². The molecule has 29 heavy (non-hydrogen) atoms. The highest BCUT2D eigenvalue weighted by atomic mass is 32.1. The lowest BCUT2D eigenvalue weighted by Crippen LogP contribution is -2.67. The van der Waals surface area contributed by atoms with Gasteiger partial charge in [-0.3, -0.25) is 14.4 Å². The van der Waals surface area contributed by atoms with Crippen LogP contribution in [-0.4, -0.2) is 59.2 Å². The molecule has 2 aliphatic rings. The van der Waals surface area contributed by atoms with Crippen molar-refractivity contribution in [3.63, 3.8) is 0 Å². The van der Waals surface area contributed by atoms with E-state index in [1.807, 2.05) is 53.8 Å². The van der Waals surface area contributed by atoms with E-state index >= 15 is 0 Å². The standard InChI is InChI=1S/C22H25N3O3S/c1-15-8-16(2)10-18(9-15)21(28)23-6-5-22(13-23)14-24(19-4-7-29-12-19)20(27)11-25(22)17(3)26/h4,7-10,12H,5-6,11,13-14H2,1-3H3/t22-/m0/s1. The molecule has 0 bridgehead atoms. The molecule has 2 aromatic rings. The summed E-state index contributed by atoms with van der Waals surface area (Å²) >= 11 is 1.54. The first-order valence-electron chi connectivity index (χ1n) is 9.77. The van der Waals surface area contributed by atoms with E-state index in [-0.39, 0.29) is 24.3 Å². The van der Waals surface area contributed by atoms with Crippen LogP contribution in [0.1, 0.15) is 34.8 Å². The molecule has 2 fully saturated rings. The first kappa shape index (κ1) is 19.6. The lowest BCUT2D eigenvalue weighted by molar-refractivity contribution is -0.142. The minimum Gasteiger partial charge on any atom is -0.336 e. The predicted molar refractivity (Wildman–Crippen MR) is 113 cm³/mol. The monoisotopic (exact) mass is 411 g/mol. The molecule has 1 aromatic carbocycles. The zero-order valence-electron chi connectivity index (χ0n) is 17.0. The summed E-state index contributed by atoms with van der Waals surface area (Å²) in [7, 11) is 0. The lowest BCUT2D eigenvalue weighted by atomic mass is 9.92. The first-order valence-corrected chi connectivity index (χ1v) is 10.7. The third-order valence-corrected chi connectivity index (χ3v) is 6.58. The maximum atomic E-state index is 13.2. The zero-order chi connectivity index (χ0) is 20.8. The molecular weight excluding hydrogens is 386 g/mol. The number of anilines is 1. The largest absolute Gasteiger partial charge is 0.336 e. The third-order valence-electron chi connectivity index (χ3n) is 5.91. The average molecular weight is 412 g/mol. The first-order chi connectivity index (χ1) is 13.8. The smallest absolute Gasteiger partial charge is 0.253 e. The van der Waals surface area contributed by atoms with Crippen LogP contribution in [0.2, 0.25) is 0 Å². The molecule has 1 aromatic heterocycles. The van der Waals surface area contributed by atoms with Gasteiger partial charge >= 0.3 is 0 Å². The van der Waals surface area contributed by atoms with Crippen LogP contribution in [-0.2, 0) is 9.59 Å². The number of amides is 3. The van der Waals surface area contributed by atoms with Gasteiger partial charge in [-0.15, -0.1) is 0 Å². The van der Waals surface area contributed by atoms with Gasteiger partial charge in [0.05, 0.1) is 17.8 Å². The quantitative estimate of drug-likeness (QED) is 0.764. The van der Waals surface area contributed by atoms with Gasteiger partial charge in [-0.1, -0.05) is 17.2 Å². The number of benzene rings is 1. The Labute approximate surface area is 174 Å². The van der Waals surface area contributed by atoms with Gasteiger partial charge in [-0.25, -0.2) is 0 Å². The fourth-order valence-electron chi connectivity index (χ4n) is 4.61. The number of nitrogens with zero attached hydrogens (tertiary/aromatic N) is 3. The number of aryl methyl sites for hydroxylation is 2. The second-order valence-electron chi connectivity index (χ2n) is 8.14. The SMILES string of the molecule is CC(=O)N1CC(=O)N(c2ccsc2)C[C@@]12CCN(C(=O)c1cc(C)cc(C)c1)C2. The van der Waals surface area contributed by atoms with Gasteiger partial charge in [-0.05, 0) is 43.8 Å². The van der Waals surface area contributed by atoms with E-state index in [0.717, 1.165) is 16.8 Å². The summed E-state index contributed by atoms with van der Waals surface area (Å²) in [5, 5.41) is 3.89. The van der Waals surface area contributed by atoms with E-state index in [4.69, 9.17) is 0 Å². The Kier molecular flexibility index (Phi) is 4.94. The van der Waals surface area contributed by atoms with Gasteiger partial charge in [0.15, 0.2) is 0 Å². The number of piperazine rings is 1. The molecule has 1 spiro atoms. The van der Waals surface area contributed by atoms with Crippen molar-refractivity contribution in [3.05, 3.63) is 51.7 Å². The predicted octanol–water partition coefficient (Wildman–Crippen LogP) is 2.84. The fraction of sp³-hybridized carbons (Fsp3) is 0.409. The molecule has 1 atom stereocenters. The van der Waals surface area contributed by atoms with Crippen LogP contribution in [0.5, 0.6) is 0 Å². The molecule has 4 rings (SSSR count). The zero-order valence-corrected chi connectivity index (χ0v) is 17.8. The van der Waals surface area contributed by atoms with Crippen LogP contribution in [0.3, 0.4) is 0 Å². The molecule has 0 saturated carbocycles. The van der Waals surface area contributed by atoms with Crippen molar-refractivity contribution < 1.29 is 14.4 Å². The maximum absolute atomic E-state index is 13.2. The summed E-state index contributed by atoms with van der Waals surface area (Å²) < 4.78 is 0. The summed E-state index contributed by atoms with van der Waals surface area (Å²) in [5.74, 6) is -0.219. The average Bonchev–Trinajstić information content (AvgIpc) is 3.32. The molecule has 152 valence electrons. The highest BCUT2D eigenvalue weighted by molar-refractivity contribution is 7.08. The Hall–Kier alpha value is -2.67. The Morgan fingerprint density at radius 2 is 1.83 bits per heavy atom. The molecule has 2 aliphatic heterocycles. The van der Waals surface area contributed by atoms with Crippen molar-refractivity contribution in [2.45, 2.75) is 32.7 Å². The van der Waals surface area contributed by atoms with Crippen molar-refractivity contribution in [3.8, 4) is 0 Å². The number of likely N-dealkylation sites (tertiary alicyclic amines) is 1. The van der Waals surface area contributed by atoms with Crippen LogP contribution in [0.25, 0.3) is 0 Å². The van der Waals surface area contributed by atoms with Gasteiger partial charge in [0.1, 0.15) is 6.54 Å². The molecule has 3 heterocycles. The van der Waals surface area contributed by atoms with Crippen molar-refractivity contribution in [1.29, 1.82) is 0 Å². The fourth-order valence-corrected chi connectivity index (χ4v) is 5.25. The number of thiophene rings is 1. The molecule has 2 saturated heterocycles. The topological polar surface area (TPSA) is 60.9 Å². The van der Waals surface area contributed by atoms with Crippen LogP contribution in [0, 0.1) is 13.8 Å². The number of rotatable bonds is 2. The van der Waals surface area contributed by atoms with Gasteiger partial charge in [0.2, 0.25) is 11.8 Å². The van der Waals surface area contributed by atoms with Crippen molar-refractivity contribution in [1.82, 2.24) is 9.80 Å². The van der Waals surface area contributed by atoms with E-state index in [9.17, 15) is 14.4 Å². The Morgan fingerprint density at radius 1 is 1.10 bits per heavy atom. The molecule has 6 nitrogen and oxygen atoms in total. The van der Waals surface area contributed by atoms with E-state index in [1.54, 1.807) is 9.80 Å². The molecule has 0 radical (unpaired) electrons. The Bertz CT molecular complexity index is 951. The summed E-state index contributed by atoms with van der Waals surface area (Å²) in [5.41, 5.74) is 3.10. The van der Waals surface area contributed by atoms with E-state index < -0.39 is 5.54 Å². The minimum absolute atomic E-state index is 0.0174. The van der Waals surface area contributed by atoms with Gasteiger partial charge in [-0.2, -0.15) is 11.3 Å². The molecular formula is C22H25N3O3S. The van der Waals surface area contributed by atoms with Gasteiger partial charge < -0.3 is 14.7 Å². The van der Waals surface area contributed by atoms with Crippen LogP contribution < -0.4 is 4.90 Å². The molecule has 7 heteroatoms. The number of hydrogen-bond donors (Lipinski definition) is 0. The highest BCUT2D eigenvalue weighted by Crippen LogP contribution is 2.35.